The topological polar surface area (TPSA) is 0 Å². The minimum atomic E-state index is 1.06. The Balaban J connectivity index is 2.29. The Morgan fingerprint density at radius 2 is 1.32 bits per heavy atom. The zero-order chi connectivity index (χ0) is 15.4. The first-order chi connectivity index (χ1) is 10.8. The second-order valence-electron chi connectivity index (χ2n) is 5.61. The lowest BCUT2D eigenvalue weighted by molar-refractivity contribution is 0.919. The third-order valence-electron chi connectivity index (χ3n) is 4.06. The molecule has 0 amide bonds. The Morgan fingerprint density at radius 1 is 0.727 bits per heavy atom. The molecule has 3 aromatic carbocycles. The van der Waals surface area contributed by atoms with Gasteiger partial charge < -0.3 is 0 Å². The fourth-order valence-corrected chi connectivity index (χ4v) is 3.02. The molecule has 0 nitrogen and oxygen atoms in total. The van der Waals surface area contributed by atoms with Crippen molar-refractivity contribution in [1.82, 2.24) is 0 Å². The van der Waals surface area contributed by atoms with E-state index in [1.807, 2.05) is 0 Å². The van der Waals surface area contributed by atoms with Crippen LogP contribution < -0.4 is 0 Å². The van der Waals surface area contributed by atoms with Crippen molar-refractivity contribution < 1.29 is 0 Å². The predicted molar refractivity (Wildman–Crippen MR) is 95.8 cm³/mol. The normalized spacial score (nSPS) is 10.6. The molecule has 0 unspecified atom stereocenters. The van der Waals surface area contributed by atoms with Gasteiger partial charge in [0.2, 0.25) is 0 Å². The molecule has 3 rings (SSSR count). The van der Waals surface area contributed by atoms with Gasteiger partial charge in [-0.2, -0.15) is 0 Å². The van der Waals surface area contributed by atoms with Gasteiger partial charge in [-0.1, -0.05) is 86.1 Å². The molecular weight excluding hydrogens is 264 g/mol. The lowest BCUT2D eigenvalue weighted by atomic mass is 9.86. The van der Waals surface area contributed by atoms with Crippen LogP contribution in [0.5, 0.6) is 0 Å². The molecule has 0 spiro atoms. The van der Waals surface area contributed by atoms with Crippen LogP contribution in [0.1, 0.15) is 24.5 Å². The Labute approximate surface area is 133 Å². The van der Waals surface area contributed by atoms with Gasteiger partial charge in [0.05, 0.1) is 0 Å². The minimum absolute atomic E-state index is 1.06. The third kappa shape index (κ3) is 2.82. The highest BCUT2D eigenvalue weighted by atomic mass is 14.2. The number of hydrogen-bond donors (Lipinski definition) is 0. The first kappa shape index (κ1) is 14.6. The van der Waals surface area contributed by atoms with E-state index >= 15 is 0 Å². The fourth-order valence-electron chi connectivity index (χ4n) is 3.02. The summed E-state index contributed by atoms with van der Waals surface area (Å²) in [6.45, 7) is 6.49. The summed E-state index contributed by atoms with van der Waals surface area (Å²) in [6, 6.07) is 25.7. The molecule has 0 heterocycles. The van der Waals surface area contributed by atoms with Crippen molar-refractivity contribution in [1.29, 1.82) is 0 Å². The van der Waals surface area contributed by atoms with Crippen LogP contribution in [0.2, 0.25) is 0 Å². The summed E-state index contributed by atoms with van der Waals surface area (Å²) in [6.07, 6.45) is 2.18. The lowest BCUT2D eigenvalue weighted by Crippen LogP contribution is -1.97. The SMILES string of the molecule is [CH2]c1ccc(-c2ccccc2)c(-c2ccccc2)c1CCC. The molecule has 3 aromatic rings. The van der Waals surface area contributed by atoms with E-state index in [0.717, 1.165) is 18.4 Å². The molecule has 0 aromatic heterocycles. The van der Waals surface area contributed by atoms with Crippen LogP contribution in [0.3, 0.4) is 0 Å². The molecule has 0 bridgehead atoms. The summed E-state index contributed by atoms with van der Waals surface area (Å²) in [4.78, 5) is 0. The molecule has 0 aliphatic heterocycles. The van der Waals surface area contributed by atoms with Crippen molar-refractivity contribution >= 4 is 0 Å². The molecule has 0 heteroatoms. The summed E-state index contributed by atoms with van der Waals surface area (Å²) in [5, 5.41) is 0. The van der Waals surface area contributed by atoms with Crippen molar-refractivity contribution in [3.05, 3.63) is 90.8 Å². The van der Waals surface area contributed by atoms with E-state index in [-0.39, 0.29) is 0 Å². The molecule has 109 valence electrons. The number of benzene rings is 3. The van der Waals surface area contributed by atoms with Gasteiger partial charge >= 0.3 is 0 Å². The van der Waals surface area contributed by atoms with E-state index in [2.05, 4.69) is 86.6 Å². The molecule has 22 heavy (non-hydrogen) atoms. The highest BCUT2D eigenvalue weighted by molar-refractivity contribution is 5.86. The van der Waals surface area contributed by atoms with E-state index < -0.39 is 0 Å². The first-order valence-electron chi connectivity index (χ1n) is 7.90. The predicted octanol–water partition coefficient (Wildman–Crippen LogP) is 6.16. The first-order valence-corrected chi connectivity index (χ1v) is 7.90. The largest absolute Gasteiger partial charge is 0.0651 e. The lowest BCUT2D eigenvalue weighted by Gasteiger charge is -2.18. The molecule has 1 radical (unpaired) electrons. The van der Waals surface area contributed by atoms with Crippen molar-refractivity contribution in [2.24, 2.45) is 0 Å². The van der Waals surface area contributed by atoms with Crippen molar-refractivity contribution in [3.8, 4) is 22.3 Å². The van der Waals surface area contributed by atoms with E-state index in [9.17, 15) is 0 Å². The maximum atomic E-state index is 4.26. The summed E-state index contributed by atoms with van der Waals surface area (Å²) in [7, 11) is 0. The van der Waals surface area contributed by atoms with Gasteiger partial charge in [0.1, 0.15) is 0 Å². The molecule has 0 saturated carbocycles. The molecule has 0 fully saturated rings. The average Bonchev–Trinajstić information content (AvgIpc) is 2.58. The van der Waals surface area contributed by atoms with Gasteiger partial charge in [0.15, 0.2) is 0 Å². The van der Waals surface area contributed by atoms with Crippen LogP contribution in [0, 0.1) is 6.92 Å². The van der Waals surface area contributed by atoms with E-state index in [4.69, 9.17) is 0 Å². The third-order valence-corrected chi connectivity index (χ3v) is 4.06. The monoisotopic (exact) mass is 285 g/mol. The van der Waals surface area contributed by atoms with Gasteiger partial charge in [-0.15, -0.1) is 0 Å². The van der Waals surface area contributed by atoms with Crippen LogP contribution >= 0.6 is 0 Å². The quantitative estimate of drug-likeness (QED) is 0.539. The highest BCUT2D eigenvalue weighted by Gasteiger charge is 2.13. The summed E-state index contributed by atoms with van der Waals surface area (Å²) >= 11 is 0. The second kappa shape index (κ2) is 6.62. The van der Waals surface area contributed by atoms with Crippen LogP contribution in [-0.4, -0.2) is 0 Å². The Kier molecular flexibility index (Phi) is 4.39. The maximum Gasteiger partial charge on any atom is -0.00706 e. The fraction of sp³-hybridized carbons (Fsp3) is 0.136. The van der Waals surface area contributed by atoms with Gasteiger partial charge in [-0.25, -0.2) is 0 Å². The Hall–Kier alpha value is -2.34. The van der Waals surface area contributed by atoms with Gasteiger partial charge in [-0.05, 0) is 46.7 Å². The van der Waals surface area contributed by atoms with Gasteiger partial charge in [0.25, 0.3) is 0 Å². The number of rotatable bonds is 4. The minimum Gasteiger partial charge on any atom is -0.0651 e. The maximum absolute atomic E-state index is 4.26. The van der Waals surface area contributed by atoms with Crippen molar-refractivity contribution in [2.75, 3.05) is 0 Å². The number of hydrogen-bond acceptors (Lipinski definition) is 0. The molecule has 0 N–H and O–H groups in total. The van der Waals surface area contributed by atoms with Gasteiger partial charge in [0, 0.05) is 0 Å². The summed E-state index contributed by atoms with van der Waals surface area (Å²) in [5.41, 5.74) is 7.67. The summed E-state index contributed by atoms with van der Waals surface area (Å²) in [5.74, 6) is 0. The highest BCUT2D eigenvalue weighted by Crippen LogP contribution is 2.37. The van der Waals surface area contributed by atoms with Crippen molar-refractivity contribution in [3.63, 3.8) is 0 Å². The molecule has 0 atom stereocenters. The van der Waals surface area contributed by atoms with E-state index in [0.29, 0.717) is 0 Å². The van der Waals surface area contributed by atoms with Gasteiger partial charge in [-0.3, -0.25) is 0 Å². The molecule has 0 aliphatic rings. The van der Waals surface area contributed by atoms with E-state index in [1.54, 1.807) is 0 Å². The smallest absolute Gasteiger partial charge is 0.00706 e. The van der Waals surface area contributed by atoms with E-state index in [1.165, 1.54) is 27.8 Å². The van der Waals surface area contributed by atoms with Crippen LogP contribution in [0.4, 0.5) is 0 Å². The van der Waals surface area contributed by atoms with Crippen LogP contribution in [0.15, 0.2) is 72.8 Å². The summed E-state index contributed by atoms with van der Waals surface area (Å²) < 4.78 is 0. The zero-order valence-electron chi connectivity index (χ0n) is 13.0. The average molecular weight is 285 g/mol. The van der Waals surface area contributed by atoms with Crippen molar-refractivity contribution in [2.45, 2.75) is 19.8 Å². The second-order valence-corrected chi connectivity index (χ2v) is 5.61. The zero-order valence-corrected chi connectivity index (χ0v) is 13.0. The Morgan fingerprint density at radius 3 is 1.91 bits per heavy atom. The van der Waals surface area contributed by atoms with Crippen LogP contribution in [-0.2, 0) is 6.42 Å². The van der Waals surface area contributed by atoms with Crippen LogP contribution in [0.25, 0.3) is 22.3 Å². The molecule has 0 aliphatic carbocycles. The molecule has 0 saturated heterocycles. The molecular formula is C22H21. The standard InChI is InChI=1S/C22H21/c1-3-10-20-17(2)15-16-21(18-11-6-4-7-12-18)22(20)19-13-8-5-9-14-19/h4-9,11-16H,2-3,10H2,1H3. The Bertz CT molecular complexity index is 740.